The summed E-state index contributed by atoms with van der Waals surface area (Å²) in [6.45, 7) is 3.88. The first-order valence-corrected chi connectivity index (χ1v) is 7.14. The van der Waals surface area contributed by atoms with Crippen LogP contribution in [0.1, 0.15) is 29.7 Å². The van der Waals surface area contributed by atoms with E-state index in [-0.39, 0.29) is 0 Å². The molecule has 0 aliphatic heterocycles. The van der Waals surface area contributed by atoms with Gasteiger partial charge in [0.15, 0.2) is 0 Å². The molecule has 0 aliphatic rings. The Hall–Kier alpha value is -1.64. The molecule has 106 valence electrons. The Bertz CT molecular complexity index is 493. The fourth-order valence-electron chi connectivity index (χ4n) is 2.26. The molecule has 2 heteroatoms. The predicted octanol–water partition coefficient (Wildman–Crippen LogP) is 3.73. The maximum absolute atomic E-state index is 5.12. The van der Waals surface area contributed by atoms with Crippen molar-refractivity contribution in [3.05, 3.63) is 71.3 Å². The van der Waals surface area contributed by atoms with Gasteiger partial charge in [0.05, 0.1) is 6.61 Å². The second-order valence-electron chi connectivity index (χ2n) is 5.09. The average Bonchev–Trinajstić information content (AvgIpc) is 2.50. The van der Waals surface area contributed by atoms with Crippen LogP contribution in [0.5, 0.6) is 0 Å². The molecule has 0 unspecified atom stereocenters. The standard InChI is InChI=1S/C18H23NO/c1-15(18-6-4-3-5-7-18)19-13-12-16-8-10-17(11-9-16)14-20-2/h3-11,15,19H,12-14H2,1-2H3/t15-/m1/s1. The van der Waals surface area contributed by atoms with E-state index in [4.69, 9.17) is 4.74 Å². The molecular weight excluding hydrogens is 246 g/mol. The van der Waals surface area contributed by atoms with Crippen molar-refractivity contribution in [3.63, 3.8) is 0 Å². The van der Waals surface area contributed by atoms with Crippen molar-refractivity contribution in [1.82, 2.24) is 5.32 Å². The fraction of sp³-hybridized carbons (Fsp3) is 0.333. The summed E-state index contributed by atoms with van der Waals surface area (Å²) in [6, 6.07) is 19.6. The van der Waals surface area contributed by atoms with Gasteiger partial charge in [-0.15, -0.1) is 0 Å². The van der Waals surface area contributed by atoms with Crippen LogP contribution in [-0.2, 0) is 17.8 Å². The Kier molecular flexibility index (Phi) is 5.78. The number of ether oxygens (including phenoxy) is 1. The Balaban J connectivity index is 1.78. The van der Waals surface area contributed by atoms with Crippen LogP contribution in [0.2, 0.25) is 0 Å². The summed E-state index contributed by atoms with van der Waals surface area (Å²) >= 11 is 0. The zero-order chi connectivity index (χ0) is 14.2. The van der Waals surface area contributed by atoms with Crippen LogP contribution in [0, 0.1) is 0 Å². The highest BCUT2D eigenvalue weighted by Crippen LogP contribution is 2.11. The summed E-state index contributed by atoms with van der Waals surface area (Å²) in [5, 5.41) is 3.56. The van der Waals surface area contributed by atoms with Gasteiger partial charge in [-0.05, 0) is 36.6 Å². The molecule has 0 fully saturated rings. The lowest BCUT2D eigenvalue weighted by molar-refractivity contribution is 0.185. The van der Waals surface area contributed by atoms with Crippen LogP contribution >= 0.6 is 0 Å². The maximum atomic E-state index is 5.12. The largest absolute Gasteiger partial charge is 0.380 e. The molecule has 0 heterocycles. The third-order valence-electron chi connectivity index (χ3n) is 3.50. The first kappa shape index (κ1) is 14.8. The lowest BCUT2D eigenvalue weighted by Gasteiger charge is -2.14. The van der Waals surface area contributed by atoms with Crippen molar-refractivity contribution >= 4 is 0 Å². The van der Waals surface area contributed by atoms with E-state index in [1.54, 1.807) is 7.11 Å². The zero-order valence-electron chi connectivity index (χ0n) is 12.3. The predicted molar refractivity (Wildman–Crippen MR) is 83.7 cm³/mol. The third-order valence-corrected chi connectivity index (χ3v) is 3.50. The molecule has 2 aromatic carbocycles. The minimum absolute atomic E-state index is 0.393. The van der Waals surface area contributed by atoms with E-state index >= 15 is 0 Å². The Morgan fingerprint density at radius 1 is 0.950 bits per heavy atom. The summed E-state index contributed by atoms with van der Waals surface area (Å²) in [5.74, 6) is 0. The Morgan fingerprint density at radius 3 is 2.25 bits per heavy atom. The number of nitrogens with one attached hydrogen (secondary N) is 1. The number of hydrogen-bond donors (Lipinski definition) is 1. The van der Waals surface area contributed by atoms with Gasteiger partial charge in [-0.3, -0.25) is 0 Å². The van der Waals surface area contributed by atoms with Crippen LogP contribution in [0.4, 0.5) is 0 Å². The molecule has 0 aromatic heterocycles. The molecule has 0 spiro atoms. The lowest BCUT2D eigenvalue weighted by Crippen LogP contribution is -2.21. The number of methoxy groups -OCH3 is 1. The van der Waals surface area contributed by atoms with Gasteiger partial charge in [-0.1, -0.05) is 54.6 Å². The Labute approximate surface area is 121 Å². The van der Waals surface area contributed by atoms with E-state index in [1.165, 1.54) is 16.7 Å². The average molecular weight is 269 g/mol. The van der Waals surface area contributed by atoms with Gasteiger partial charge in [0, 0.05) is 13.2 Å². The molecule has 0 amide bonds. The highest BCUT2D eigenvalue weighted by Gasteiger charge is 2.03. The molecule has 0 radical (unpaired) electrons. The highest BCUT2D eigenvalue weighted by molar-refractivity contribution is 5.22. The molecule has 1 N–H and O–H groups in total. The van der Waals surface area contributed by atoms with Crippen molar-refractivity contribution < 1.29 is 4.74 Å². The van der Waals surface area contributed by atoms with Crippen LogP contribution < -0.4 is 5.32 Å². The maximum Gasteiger partial charge on any atom is 0.0713 e. The topological polar surface area (TPSA) is 21.3 Å². The molecule has 0 saturated carbocycles. The summed E-state index contributed by atoms with van der Waals surface area (Å²) in [6.07, 6.45) is 1.05. The van der Waals surface area contributed by atoms with E-state index in [1.807, 2.05) is 0 Å². The summed E-state index contributed by atoms with van der Waals surface area (Å²) in [7, 11) is 1.73. The molecule has 20 heavy (non-hydrogen) atoms. The number of hydrogen-bond acceptors (Lipinski definition) is 2. The molecular formula is C18H23NO. The van der Waals surface area contributed by atoms with Crippen molar-refractivity contribution in [2.45, 2.75) is 26.0 Å². The minimum atomic E-state index is 0.393. The van der Waals surface area contributed by atoms with E-state index in [2.05, 4.69) is 66.8 Å². The molecule has 0 bridgehead atoms. The molecule has 1 atom stereocenters. The molecule has 0 saturated heterocycles. The molecule has 0 aliphatic carbocycles. The normalized spacial score (nSPS) is 12.3. The van der Waals surface area contributed by atoms with E-state index in [0.29, 0.717) is 12.6 Å². The first-order chi connectivity index (χ1) is 9.79. The second-order valence-corrected chi connectivity index (χ2v) is 5.09. The zero-order valence-corrected chi connectivity index (χ0v) is 12.3. The first-order valence-electron chi connectivity index (χ1n) is 7.14. The smallest absolute Gasteiger partial charge is 0.0713 e. The van der Waals surface area contributed by atoms with Crippen LogP contribution in [-0.4, -0.2) is 13.7 Å². The van der Waals surface area contributed by atoms with Crippen molar-refractivity contribution in [3.8, 4) is 0 Å². The SMILES string of the molecule is COCc1ccc(CCN[C@H](C)c2ccccc2)cc1. The minimum Gasteiger partial charge on any atom is -0.380 e. The number of benzene rings is 2. The molecule has 2 aromatic rings. The second kappa shape index (κ2) is 7.83. The van der Waals surface area contributed by atoms with E-state index in [9.17, 15) is 0 Å². The van der Waals surface area contributed by atoms with Crippen molar-refractivity contribution in [2.24, 2.45) is 0 Å². The highest BCUT2D eigenvalue weighted by atomic mass is 16.5. The van der Waals surface area contributed by atoms with Crippen molar-refractivity contribution in [1.29, 1.82) is 0 Å². The van der Waals surface area contributed by atoms with Crippen LogP contribution in [0.3, 0.4) is 0 Å². The lowest BCUT2D eigenvalue weighted by atomic mass is 10.1. The number of rotatable bonds is 7. The van der Waals surface area contributed by atoms with Gasteiger partial charge in [0.25, 0.3) is 0 Å². The van der Waals surface area contributed by atoms with Gasteiger partial charge >= 0.3 is 0 Å². The quantitative estimate of drug-likeness (QED) is 0.827. The Morgan fingerprint density at radius 2 is 1.60 bits per heavy atom. The van der Waals surface area contributed by atoms with E-state index in [0.717, 1.165) is 13.0 Å². The van der Waals surface area contributed by atoms with Gasteiger partial charge in [-0.2, -0.15) is 0 Å². The van der Waals surface area contributed by atoms with Crippen LogP contribution in [0.25, 0.3) is 0 Å². The van der Waals surface area contributed by atoms with E-state index < -0.39 is 0 Å². The van der Waals surface area contributed by atoms with Gasteiger partial charge < -0.3 is 10.1 Å². The molecule has 2 rings (SSSR count). The van der Waals surface area contributed by atoms with Gasteiger partial charge in [0.2, 0.25) is 0 Å². The van der Waals surface area contributed by atoms with Crippen molar-refractivity contribution in [2.75, 3.05) is 13.7 Å². The van der Waals surface area contributed by atoms with Gasteiger partial charge in [-0.25, -0.2) is 0 Å². The fourth-order valence-corrected chi connectivity index (χ4v) is 2.26. The third kappa shape index (κ3) is 4.48. The summed E-state index contributed by atoms with van der Waals surface area (Å²) in [5.41, 5.74) is 3.92. The summed E-state index contributed by atoms with van der Waals surface area (Å²) < 4.78 is 5.12. The van der Waals surface area contributed by atoms with Gasteiger partial charge in [0.1, 0.15) is 0 Å². The molecule has 2 nitrogen and oxygen atoms in total. The van der Waals surface area contributed by atoms with Crippen LogP contribution in [0.15, 0.2) is 54.6 Å². The monoisotopic (exact) mass is 269 g/mol. The summed E-state index contributed by atoms with van der Waals surface area (Å²) in [4.78, 5) is 0.